The van der Waals surface area contributed by atoms with Crippen LogP contribution in [0.25, 0.3) is 32.9 Å². The number of benzene rings is 2. The lowest BCUT2D eigenvalue weighted by molar-refractivity contribution is -0.135. The average molecular weight is 607 g/mol. The number of likely N-dealkylation sites (N-methyl/N-ethyl adjacent to an activating group) is 1. The maximum absolute atomic E-state index is 14.1. The number of fused-ring (bicyclic) bond motifs is 2. The van der Waals surface area contributed by atoms with E-state index in [1.165, 1.54) is 12.1 Å². The third-order valence-corrected chi connectivity index (χ3v) is 9.21. The van der Waals surface area contributed by atoms with Gasteiger partial charge < -0.3 is 9.47 Å². The molecule has 1 fully saturated rings. The molecule has 1 unspecified atom stereocenters. The molecule has 0 spiro atoms. The molecule has 5 aromatic rings. The first kappa shape index (κ1) is 29.3. The maximum atomic E-state index is 14.1. The van der Waals surface area contributed by atoms with Gasteiger partial charge in [-0.25, -0.2) is 9.40 Å². The Morgan fingerprint density at radius 2 is 1.78 bits per heavy atom. The van der Waals surface area contributed by atoms with Gasteiger partial charge in [0.15, 0.2) is 0 Å². The van der Waals surface area contributed by atoms with Crippen LogP contribution in [0, 0.1) is 18.7 Å². The number of amides is 1. The molecule has 0 bridgehead atoms. The highest BCUT2D eigenvalue weighted by Gasteiger charge is 2.29. The number of carbonyl (C=O) groups is 1. The van der Waals surface area contributed by atoms with Crippen molar-refractivity contribution in [1.29, 1.82) is 0 Å². The van der Waals surface area contributed by atoms with E-state index in [-0.39, 0.29) is 17.6 Å². The SMILES string of the molecule is Cc1cn(C2=NN(CCc3ccc4ncc(-c5cnn(CCN6CCN(C)CC6)c5)cc4c3)C(=O)C(C)C2)c2cc(F)ccc12. The minimum absolute atomic E-state index is 0.00694. The molecule has 5 heterocycles. The zero-order chi connectivity index (χ0) is 31.1. The zero-order valence-electron chi connectivity index (χ0n) is 26.2. The fraction of sp³-hybridized carbons (Fsp3) is 0.371. The maximum Gasteiger partial charge on any atom is 0.246 e. The van der Waals surface area contributed by atoms with E-state index in [4.69, 9.17) is 10.1 Å². The van der Waals surface area contributed by atoms with Crippen LogP contribution in [0.1, 0.15) is 24.5 Å². The third-order valence-electron chi connectivity index (χ3n) is 9.21. The average Bonchev–Trinajstić information content (AvgIpc) is 3.65. The van der Waals surface area contributed by atoms with Gasteiger partial charge in [-0.05, 0) is 67.9 Å². The van der Waals surface area contributed by atoms with Gasteiger partial charge in [-0.2, -0.15) is 10.2 Å². The Bertz CT molecular complexity index is 1900. The van der Waals surface area contributed by atoms with Crippen molar-refractivity contribution >= 4 is 33.5 Å². The Morgan fingerprint density at radius 3 is 2.62 bits per heavy atom. The summed E-state index contributed by atoms with van der Waals surface area (Å²) in [5.74, 6) is 0.257. The summed E-state index contributed by atoms with van der Waals surface area (Å²) in [6.07, 6.45) is 9.07. The standard InChI is InChI=1S/C35H39FN8O/c1-24-16-34(43-22-25(2)31-6-5-30(36)19-33(31)43)39-44(35(24)45)9-8-26-4-7-32-27(17-26)18-28(20-37-32)29-21-38-42(23-29)15-14-41-12-10-40(3)11-13-41/h4-7,17-24H,8-16H2,1-3H3. The summed E-state index contributed by atoms with van der Waals surface area (Å²) in [6.45, 7) is 10.7. The van der Waals surface area contributed by atoms with E-state index < -0.39 is 0 Å². The molecule has 2 aliphatic heterocycles. The molecule has 2 aliphatic rings. The van der Waals surface area contributed by atoms with Crippen LogP contribution in [0.5, 0.6) is 0 Å². The molecule has 0 saturated carbocycles. The molecule has 0 radical (unpaired) electrons. The van der Waals surface area contributed by atoms with Gasteiger partial charge in [0.2, 0.25) is 5.91 Å². The molecule has 2 aromatic carbocycles. The van der Waals surface area contributed by atoms with Gasteiger partial charge in [-0.1, -0.05) is 13.0 Å². The number of hydrogen-bond acceptors (Lipinski definition) is 6. The topological polar surface area (TPSA) is 74.8 Å². The number of halogens is 1. The van der Waals surface area contributed by atoms with Crippen LogP contribution in [-0.2, 0) is 17.8 Å². The van der Waals surface area contributed by atoms with Crippen LogP contribution in [0.2, 0.25) is 0 Å². The van der Waals surface area contributed by atoms with Gasteiger partial charge in [0.25, 0.3) is 0 Å². The molecule has 0 aliphatic carbocycles. The largest absolute Gasteiger partial charge is 0.304 e. The zero-order valence-corrected chi connectivity index (χ0v) is 26.2. The van der Waals surface area contributed by atoms with E-state index in [2.05, 4.69) is 46.3 Å². The van der Waals surface area contributed by atoms with Gasteiger partial charge in [-0.3, -0.25) is 19.4 Å². The molecule has 1 saturated heterocycles. The van der Waals surface area contributed by atoms with E-state index in [9.17, 15) is 9.18 Å². The molecule has 7 rings (SSSR count). The van der Waals surface area contributed by atoms with Crippen molar-refractivity contribution in [3.8, 4) is 11.1 Å². The number of nitrogens with zero attached hydrogens (tertiary/aromatic N) is 8. The first-order chi connectivity index (χ1) is 21.8. The molecular formula is C35H39FN8O. The van der Waals surface area contributed by atoms with Crippen molar-refractivity contribution in [3.05, 3.63) is 84.2 Å². The Labute approximate surface area is 262 Å². The fourth-order valence-electron chi connectivity index (χ4n) is 6.42. The molecule has 1 atom stereocenters. The number of aromatic nitrogens is 4. The quantitative estimate of drug-likeness (QED) is 0.260. The highest BCUT2D eigenvalue weighted by atomic mass is 19.1. The van der Waals surface area contributed by atoms with Gasteiger partial charge in [0.1, 0.15) is 11.7 Å². The summed E-state index contributed by atoms with van der Waals surface area (Å²) < 4.78 is 18.1. The van der Waals surface area contributed by atoms with E-state index in [1.807, 2.05) is 47.8 Å². The van der Waals surface area contributed by atoms with Crippen molar-refractivity contribution < 1.29 is 9.18 Å². The van der Waals surface area contributed by atoms with Gasteiger partial charge in [0, 0.05) is 92.1 Å². The lowest BCUT2D eigenvalue weighted by Crippen LogP contribution is -2.45. The Balaban J connectivity index is 1.06. The molecular weight excluding hydrogens is 567 g/mol. The number of rotatable bonds is 7. The van der Waals surface area contributed by atoms with Crippen LogP contribution >= 0.6 is 0 Å². The molecule has 3 aromatic heterocycles. The van der Waals surface area contributed by atoms with Crippen LogP contribution in [0.4, 0.5) is 4.39 Å². The van der Waals surface area contributed by atoms with Crippen molar-refractivity contribution in [3.63, 3.8) is 0 Å². The van der Waals surface area contributed by atoms with Crippen LogP contribution in [0.3, 0.4) is 0 Å². The molecule has 232 valence electrons. The van der Waals surface area contributed by atoms with Crippen molar-refractivity contribution in [2.24, 2.45) is 11.0 Å². The predicted molar refractivity (Wildman–Crippen MR) is 176 cm³/mol. The number of aryl methyl sites for hydroxylation is 1. The summed E-state index contributed by atoms with van der Waals surface area (Å²) >= 11 is 0. The number of carbonyl (C=O) groups excluding carboxylic acids is 1. The first-order valence-corrected chi connectivity index (χ1v) is 15.8. The highest BCUT2D eigenvalue weighted by Crippen LogP contribution is 2.27. The predicted octanol–water partition coefficient (Wildman–Crippen LogP) is 5.02. The first-order valence-electron chi connectivity index (χ1n) is 15.8. The van der Waals surface area contributed by atoms with Crippen LogP contribution in [0.15, 0.2) is 72.4 Å². The van der Waals surface area contributed by atoms with Crippen molar-refractivity contribution in [1.82, 2.24) is 34.1 Å². The third kappa shape index (κ3) is 6.12. The second-order valence-electron chi connectivity index (χ2n) is 12.6. The van der Waals surface area contributed by atoms with E-state index in [0.717, 1.165) is 89.2 Å². The molecule has 1 amide bonds. The number of hydrazone groups is 1. The monoisotopic (exact) mass is 606 g/mol. The summed E-state index contributed by atoms with van der Waals surface area (Å²) in [4.78, 5) is 22.7. The number of piperazine rings is 1. The molecule has 45 heavy (non-hydrogen) atoms. The fourth-order valence-corrected chi connectivity index (χ4v) is 6.42. The van der Waals surface area contributed by atoms with E-state index in [1.54, 1.807) is 11.1 Å². The summed E-state index contributed by atoms with van der Waals surface area (Å²) in [7, 11) is 2.18. The van der Waals surface area contributed by atoms with Gasteiger partial charge >= 0.3 is 0 Å². The minimum Gasteiger partial charge on any atom is -0.304 e. The van der Waals surface area contributed by atoms with Crippen molar-refractivity contribution in [2.45, 2.75) is 33.2 Å². The van der Waals surface area contributed by atoms with E-state index in [0.29, 0.717) is 19.4 Å². The summed E-state index contributed by atoms with van der Waals surface area (Å²) in [6, 6.07) is 13.2. The molecule has 9 nitrogen and oxygen atoms in total. The second-order valence-corrected chi connectivity index (χ2v) is 12.6. The van der Waals surface area contributed by atoms with Crippen LogP contribution < -0.4 is 0 Å². The smallest absolute Gasteiger partial charge is 0.246 e. The minimum atomic E-state index is -0.289. The Hall–Kier alpha value is -4.41. The van der Waals surface area contributed by atoms with Gasteiger partial charge in [-0.15, -0.1) is 0 Å². The molecule has 0 N–H and O–H groups in total. The van der Waals surface area contributed by atoms with Crippen LogP contribution in [-0.4, -0.2) is 92.2 Å². The van der Waals surface area contributed by atoms with E-state index >= 15 is 0 Å². The highest BCUT2D eigenvalue weighted by molar-refractivity contribution is 6.00. The summed E-state index contributed by atoms with van der Waals surface area (Å²) in [5.41, 5.74) is 5.93. The lowest BCUT2D eigenvalue weighted by Gasteiger charge is -2.32. The lowest BCUT2D eigenvalue weighted by atomic mass is 10.0. The second kappa shape index (κ2) is 12.2. The Morgan fingerprint density at radius 1 is 0.933 bits per heavy atom. The number of pyridine rings is 1. The van der Waals surface area contributed by atoms with Crippen molar-refractivity contribution in [2.75, 3.05) is 46.3 Å². The number of hydrogen-bond donors (Lipinski definition) is 0. The summed E-state index contributed by atoms with van der Waals surface area (Å²) in [5, 5.41) is 13.0. The Kier molecular flexibility index (Phi) is 7.93. The molecule has 10 heteroatoms. The normalized spacial score (nSPS) is 18.3. The van der Waals surface area contributed by atoms with Gasteiger partial charge in [0.05, 0.1) is 23.8 Å².